The van der Waals surface area contributed by atoms with Gasteiger partial charge in [-0.15, -0.1) is 5.10 Å². The lowest BCUT2D eigenvalue weighted by Crippen LogP contribution is -2.57. The van der Waals surface area contributed by atoms with E-state index in [0.29, 0.717) is 28.6 Å². The van der Waals surface area contributed by atoms with Crippen molar-refractivity contribution in [2.45, 2.75) is 32.7 Å². The van der Waals surface area contributed by atoms with Gasteiger partial charge in [0.05, 0.1) is 17.9 Å². The van der Waals surface area contributed by atoms with Gasteiger partial charge < -0.3 is 5.32 Å². The van der Waals surface area contributed by atoms with Crippen LogP contribution in [0, 0.1) is 17.3 Å². The van der Waals surface area contributed by atoms with E-state index in [0.717, 1.165) is 12.0 Å². The van der Waals surface area contributed by atoms with Crippen LogP contribution in [0.4, 0.5) is 0 Å². The van der Waals surface area contributed by atoms with Crippen LogP contribution in [0.3, 0.4) is 0 Å². The lowest BCUT2D eigenvalue weighted by molar-refractivity contribution is -0.0375. The molecule has 3 aliphatic rings. The highest BCUT2D eigenvalue weighted by Crippen LogP contribution is 2.60. The zero-order valence-corrected chi connectivity index (χ0v) is 13.8. The van der Waals surface area contributed by atoms with Crippen LogP contribution >= 0.6 is 0 Å². The van der Waals surface area contributed by atoms with Crippen LogP contribution in [0.15, 0.2) is 36.8 Å². The molecular weight excluding hydrogens is 304 g/mol. The molecule has 1 N–H and O–H groups in total. The summed E-state index contributed by atoms with van der Waals surface area (Å²) in [5.74, 6) is 1.01. The number of pyridine rings is 1. The lowest BCUT2D eigenvalue weighted by atomic mass is 9.46. The molecule has 5 rings (SSSR count). The van der Waals surface area contributed by atoms with Crippen molar-refractivity contribution in [3.63, 3.8) is 0 Å². The molecule has 0 saturated heterocycles. The molecule has 2 heterocycles. The van der Waals surface area contributed by atoms with Crippen molar-refractivity contribution in [1.82, 2.24) is 30.5 Å². The molecule has 7 nitrogen and oxygen atoms in total. The summed E-state index contributed by atoms with van der Waals surface area (Å²) in [4.78, 5) is 16.7. The molecule has 0 radical (unpaired) electrons. The van der Waals surface area contributed by atoms with Gasteiger partial charge in [-0.25, -0.2) is 4.98 Å². The van der Waals surface area contributed by atoms with Crippen LogP contribution in [0.1, 0.15) is 37.2 Å². The summed E-state index contributed by atoms with van der Waals surface area (Å²) in [5, 5.41) is 14.0. The number of nitrogens with zero attached hydrogens (tertiary/aromatic N) is 5. The molecule has 3 saturated carbocycles. The summed E-state index contributed by atoms with van der Waals surface area (Å²) < 4.78 is 1.49. The molecule has 3 atom stereocenters. The van der Waals surface area contributed by atoms with Crippen molar-refractivity contribution < 1.29 is 4.79 Å². The third kappa shape index (κ3) is 2.23. The summed E-state index contributed by atoms with van der Waals surface area (Å²) in [7, 11) is 0. The van der Waals surface area contributed by atoms with Gasteiger partial charge in [-0.05, 0) is 52.7 Å². The molecule has 0 aromatic carbocycles. The van der Waals surface area contributed by atoms with Crippen LogP contribution in [0.5, 0.6) is 0 Å². The molecule has 24 heavy (non-hydrogen) atoms. The molecule has 0 aliphatic heterocycles. The number of fused-ring (bicyclic) bond motifs is 2. The lowest BCUT2D eigenvalue weighted by Gasteiger charge is -2.60. The Kier molecular flexibility index (Phi) is 3.26. The second-order valence-electron chi connectivity index (χ2n) is 7.30. The fourth-order valence-corrected chi connectivity index (χ4v) is 4.04. The van der Waals surface area contributed by atoms with Gasteiger partial charge in [-0.1, -0.05) is 26.0 Å². The van der Waals surface area contributed by atoms with E-state index in [1.54, 1.807) is 18.3 Å². The number of hydrogen-bond donors (Lipinski definition) is 1. The second kappa shape index (κ2) is 5.22. The van der Waals surface area contributed by atoms with E-state index in [1.165, 1.54) is 17.4 Å². The first-order chi connectivity index (χ1) is 11.5. The van der Waals surface area contributed by atoms with Gasteiger partial charge in [0.15, 0.2) is 0 Å². The van der Waals surface area contributed by atoms with Crippen molar-refractivity contribution in [2.75, 3.05) is 0 Å². The molecular formula is C17H20N6O. The Hall–Kier alpha value is -2.57. The Labute approximate surface area is 140 Å². The minimum atomic E-state index is -0.163. The Morgan fingerprint density at radius 2 is 2.21 bits per heavy atom. The van der Waals surface area contributed by atoms with Gasteiger partial charge in [0.1, 0.15) is 12.0 Å². The molecule has 3 fully saturated rings. The summed E-state index contributed by atoms with van der Waals surface area (Å²) in [6.07, 6.45) is 5.24. The fourth-order valence-electron chi connectivity index (χ4n) is 4.04. The van der Waals surface area contributed by atoms with Crippen molar-refractivity contribution >= 4 is 5.91 Å². The number of carbonyl (C=O) groups excluding carboxylic acids is 1. The number of tetrazole rings is 1. The maximum absolute atomic E-state index is 12.5. The van der Waals surface area contributed by atoms with E-state index >= 15 is 0 Å². The van der Waals surface area contributed by atoms with Gasteiger partial charge in [0.2, 0.25) is 0 Å². The van der Waals surface area contributed by atoms with Crippen LogP contribution in [0.2, 0.25) is 0 Å². The monoisotopic (exact) mass is 324 g/mol. The third-order valence-corrected chi connectivity index (χ3v) is 5.79. The fraction of sp³-hybridized carbons (Fsp3) is 0.471. The molecule has 7 heteroatoms. The quantitative estimate of drug-likeness (QED) is 0.870. The number of nitrogens with one attached hydrogen (secondary N) is 1. The van der Waals surface area contributed by atoms with E-state index in [-0.39, 0.29) is 11.9 Å². The van der Waals surface area contributed by atoms with Crippen molar-refractivity contribution in [2.24, 2.45) is 17.3 Å². The van der Waals surface area contributed by atoms with Gasteiger partial charge >= 0.3 is 0 Å². The van der Waals surface area contributed by atoms with Crippen LogP contribution in [0.25, 0.3) is 5.69 Å². The Morgan fingerprint density at radius 3 is 2.79 bits per heavy atom. The number of carbonyl (C=O) groups is 1. The largest absolute Gasteiger partial charge is 0.344 e. The molecule has 2 aromatic rings. The second-order valence-corrected chi connectivity index (χ2v) is 7.30. The normalized spacial score (nSPS) is 27.4. The summed E-state index contributed by atoms with van der Waals surface area (Å²) >= 11 is 0. The van der Waals surface area contributed by atoms with Gasteiger partial charge in [-0.3, -0.25) is 4.79 Å². The Balaban J connectivity index is 1.45. The van der Waals surface area contributed by atoms with E-state index in [9.17, 15) is 4.79 Å². The first-order valence-electron chi connectivity index (χ1n) is 8.16. The summed E-state index contributed by atoms with van der Waals surface area (Å²) in [6.45, 7) is 8.84. The minimum Gasteiger partial charge on any atom is -0.344 e. The Morgan fingerprint density at radius 1 is 1.38 bits per heavy atom. The van der Waals surface area contributed by atoms with E-state index in [2.05, 4.69) is 46.3 Å². The zero-order valence-electron chi connectivity index (χ0n) is 13.8. The molecule has 2 aromatic heterocycles. The van der Waals surface area contributed by atoms with E-state index in [1.807, 2.05) is 0 Å². The standard InChI is InChI=1S/C17H20N6O/c1-10-13-6-11(17(13,2)3)7-15(10)20-16(24)14-5-4-12(8-18-14)23-9-19-21-22-23/h4-5,8-9,11,13,15H,1,6-7H2,2-3H3,(H,20,24)/t11-,13+,15?/m1/s1. The third-order valence-electron chi connectivity index (χ3n) is 5.79. The molecule has 3 aliphatic carbocycles. The molecule has 0 spiro atoms. The predicted octanol–water partition coefficient (Wildman–Crippen LogP) is 1.78. The molecule has 124 valence electrons. The molecule has 1 amide bonds. The van der Waals surface area contributed by atoms with Gasteiger partial charge in [0.25, 0.3) is 5.91 Å². The average molecular weight is 324 g/mol. The topological polar surface area (TPSA) is 85.6 Å². The molecule has 1 unspecified atom stereocenters. The highest BCUT2D eigenvalue weighted by molar-refractivity contribution is 5.92. The van der Waals surface area contributed by atoms with Crippen LogP contribution in [-0.2, 0) is 0 Å². The van der Waals surface area contributed by atoms with Crippen LogP contribution < -0.4 is 5.32 Å². The number of aromatic nitrogens is 5. The smallest absolute Gasteiger partial charge is 0.270 e. The Bertz CT molecular complexity index is 780. The van der Waals surface area contributed by atoms with Gasteiger partial charge in [0, 0.05) is 0 Å². The van der Waals surface area contributed by atoms with Crippen molar-refractivity contribution in [1.29, 1.82) is 0 Å². The van der Waals surface area contributed by atoms with E-state index < -0.39 is 0 Å². The SMILES string of the molecule is C=C1C(NC(=O)c2ccc(-n3cnnn3)cn2)C[C@H]2C[C@@H]1C2(C)C. The number of rotatable bonds is 3. The van der Waals surface area contributed by atoms with E-state index in [4.69, 9.17) is 0 Å². The summed E-state index contributed by atoms with van der Waals surface area (Å²) in [5.41, 5.74) is 2.57. The van der Waals surface area contributed by atoms with Gasteiger partial charge in [-0.2, -0.15) is 4.68 Å². The minimum absolute atomic E-state index is 0.0512. The molecule has 2 bridgehead atoms. The summed E-state index contributed by atoms with van der Waals surface area (Å²) in [6, 6.07) is 3.51. The number of amides is 1. The average Bonchev–Trinajstić information content (AvgIpc) is 3.10. The van der Waals surface area contributed by atoms with Crippen molar-refractivity contribution in [3.8, 4) is 5.69 Å². The highest BCUT2D eigenvalue weighted by atomic mass is 16.1. The first kappa shape index (κ1) is 15.0. The number of hydrogen-bond acceptors (Lipinski definition) is 5. The van der Waals surface area contributed by atoms with Crippen molar-refractivity contribution in [3.05, 3.63) is 42.5 Å². The van der Waals surface area contributed by atoms with Crippen LogP contribution in [-0.4, -0.2) is 37.1 Å². The zero-order chi connectivity index (χ0) is 16.9. The highest BCUT2D eigenvalue weighted by Gasteiger charge is 2.54. The maximum atomic E-state index is 12.5. The maximum Gasteiger partial charge on any atom is 0.270 e. The predicted molar refractivity (Wildman–Crippen MR) is 87.3 cm³/mol. The first-order valence-corrected chi connectivity index (χ1v) is 8.16.